The van der Waals surface area contributed by atoms with Crippen LogP contribution in [0.1, 0.15) is 24.0 Å². The molecule has 2 rings (SSSR count). The van der Waals surface area contributed by atoms with Crippen LogP contribution in [0.2, 0.25) is 0 Å². The summed E-state index contributed by atoms with van der Waals surface area (Å²) >= 11 is 7.63. The molecule has 0 aliphatic rings. The first-order valence-electron chi connectivity index (χ1n) is 6.61. The van der Waals surface area contributed by atoms with E-state index in [1.807, 2.05) is 0 Å². The van der Waals surface area contributed by atoms with Gasteiger partial charge in [0.25, 0.3) is 0 Å². The Morgan fingerprint density at radius 3 is 1.37 bits per heavy atom. The Kier molecular flexibility index (Phi) is 5.65. The fraction of sp³-hybridized carbons (Fsp3) is 0.294. The predicted molar refractivity (Wildman–Crippen MR) is 90.1 cm³/mol. The van der Waals surface area contributed by atoms with E-state index in [0.29, 0.717) is 0 Å². The Balaban J connectivity index is 1.82. The van der Waals surface area contributed by atoms with E-state index in [4.69, 9.17) is 0 Å². The molecular formula is C17H18Br2. The molecule has 0 aliphatic heterocycles. The molecule has 0 saturated carbocycles. The summed E-state index contributed by atoms with van der Waals surface area (Å²) in [5.41, 5.74) is 2.79. The zero-order valence-electron chi connectivity index (χ0n) is 10.9. The third-order valence-electron chi connectivity index (χ3n) is 3.24. The highest BCUT2D eigenvalue weighted by atomic mass is 79.9. The van der Waals surface area contributed by atoms with Gasteiger partial charge in [0.15, 0.2) is 0 Å². The maximum absolute atomic E-state index is 3.81. The molecule has 0 nitrogen and oxygen atoms in total. The molecule has 0 fully saturated rings. The molecule has 0 N–H and O–H groups in total. The number of halogens is 2. The average Bonchev–Trinajstić information content (AvgIpc) is 2.46. The molecule has 2 heteroatoms. The minimum atomic E-state index is 0.0334. The molecule has 0 radical (unpaired) electrons. The van der Waals surface area contributed by atoms with Crippen molar-refractivity contribution in [1.82, 2.24) is 0 Å². The molecule has 0 atom stereocenters. The van der Waals surface area contributed by atoms with Crippen molar-refractivity contribution in [3.05, 3.63) is 71.8 Å². The smallest absolute Gasteiger partial charge is 0.0727 e. The highest BCUT2D eigenvalue weighted by Gasteiger charge is 2.21. The normalized spacial score (nSPS) is 11.5. The predicted octanol–water partition coefficient (Wildman–Crippen LogP) is 5.74. The lowest BCUT2D eigenvalue weighted by atomic mass is 10.0. The Morgan fingerprint density at radius 1 is 0.632 bits per heavy atom. The van der Waals surface area contributed by atoms with Crippen LogP contribution in [0.25, 0.3) is 0 Å². The van der Waals surface area contributed by atoms with Gasteiger partial charge in [0.05, 0.1) is 3.23 Å². The van der Waals surface area contributed by atoms with Crippen molar-refractivity contribution >= 4 is 31.9 Å². The summed E-state index contributed by atoms with van der Waals surface area (Å²) in [6, 6.07) is 21.3. The lowest BCUT2D eigenvalue weighted by Gasteiger charge is -2.20. The van der Waals surface area contributed by atoms with E-state index in [-0.39, 0.29) is 3.23 Å². The van der Waals surface area contributed by atoms with E-state index in [1.54, 1.807) is 0 Å². The van der Waals surface area contributed by atoms with Crippen LogP contribution in [0.15, 0.2) is 60.7 Å². The van der Waals surface area contributed by atoms with Crippen LogP contribution in [0, 0.1) is 0 Å². The van der Waals surface area contributed by atoms with E-state index in [2.05, 4.69) is 92.5 Å². The van der Waals surface area contributed by atoms with Gasteiger partial charge in [-0.1, -0.05) is 92.5 Å². The van der Waals surface area contributed by atoms with Crippen LogP contribution < -0.4 is 0 Å². The molecule has 0 saturated heterocycles. The first kappa shape index (κ1) is 14.8. The van der Waals surface area contributed by atoms with Crippen LogP contribution in [0.3, 0.4) is 0 Å². The van der Waals surface area contributed by atoms with Crippen molar-refractivity contribution in [3.63, 3.8) is 0 Å². The second-order valence-corrected chi connectivity index (χ2v) is 8.93. The molecule has 100 valence electrons. The lowest BCUT2D eigenvalue weighted by Crippen LogP contribution is -2.13. The van der Waals surface area contributed by atoms with Gasteiger partial charge in [0.2, 0.25) is 0 Å². The van der Waals surface area contributed by atoms with E-state index >= 15 is 0 Å². The number of alkyl halides is 2. The van der Waals surface area contributed by atoms with Crippen molar-refractivity contribution in [2.75, 3.05) is 0 Å². The van der Waals surface area contributed by atoms with Crippen LogP contribution in [-0.4, -0.2) is 3.23 Å². The molecule has 0 aromatic heterocycles. The second-order valence-electron chi connectivity index (χ2n) is 4.83. The van der Waals surface area contributed by atoms with E-state index in [0.717, 1.165) is 25.7 Å². The number of hydrogen-bond acceptors (Lipinski definition) is 0. The minimum absolute atomic E-state index is 0.0334. The number of benzene rings is 2. The highest BCUT2D eigenvalue weighted by Crippen LogP contribution is 2.36. The van der Waals surface area contributed by atoms with Gasteiger partial charge in [-0.15, -0.1) is 0 Å². The monoisotopic (exact) mass is 380 g/mol. The van der Waals surface area contributed by atoms with Gasteiger partial charge in [-0.25, -0.2) is 0 Å². The summed E-state index contributed by atoms with van der Waals surface area (Å²) in [5.74, 6) is 0. The fourth-order valence-corrected chi connectivity index (χ4v) is 2.86. The Labute approximate surface area is 132 Å². The molecule has 0 aliphatic carbocycles. The topological polar surface area (TPSA) is 0 Å². The molecule has 19 heavy (non-hydrogen) atoms. The fourth-order valence-electron chi connectivity index (χ4n) is 2.07. The summed E-state index contributed by atoms with van der Waals surface area (Å²) in [5, 5.41) is 0. The second kappa shape index (κ2) is 7.25. The lowest BCUT2D eigenvalue weighted by molar-refractivity contribution is 0.675. The first-order valence-corrected chi connectivity index (χ1v) is 8.20. The standard InChI is InChI=1S/C17H18Br2/c18-17(19,13-11-15-7-3-1-4-8-15)14-12-16-9-5-2-6-10-16/h1-10H,11-14H2. The van der Waals surface area contributed by atoms with Gasteiger partial charge in [-0.05, 0) is 36.8 Å². The first-order chi connectivity index (χ1) is 9.16. The number of hydrogen-bond donors (Lipinski definition) is 0. The Bertz CT molecular complexity index is 432. The van der Waals surface area contributed by atoms with Gasteiger partial charge >= 0.3 is 0 Å². The summed E-state index contributed by atoms with van der Waals surface area (Å²) < 4.78 is 0.0334. The molecular weight excluding hydrogens is 364 g/mol. The highest BCUT2D eigenvalue weighted by molar-refractivity contribution is 9.25. The van der Waals surface area contributed by atoms with E-state index < -0.39 is 0 Å². The molecule has 0 bridgehead atoms. The quantitative estimate of drug-likeness (QED) is 0.559. The third kappa shape index (κ3) is 5.50. The molecule has 0 heterocycles. The maximum atomic E-state index is 3.81. The molecule has 2 aromatic carbocycles. The molecule has 0 amide bonds. The Morgan fingerprint density at radius 2 is 1.00 bits per heavy atom. The van der Waals surface area contributed by atoms with Crippen molar-refractivity contribution in [2.24, 2.45) is 0 Å². The van der Waals surface area contributed by atoms with E-state index in [9.17, 15) is 0 Å². The van der Waals surface area contributed by atoms with Crippen LogP contribution in [-0.2, 0) is 12.8 Å². The van der Waals surface area contributed by atoms with Crippen LogP contribution in [0.4, 0.5) is 0 Å². The maximum Gasteiger partial charge on any atom is 0.0812 e. The van der Waals surface area contributed by atoms with Gasteiger partial charge in [0.1, 0.15) is 0 Å². The zero-order valence-corrected chi connectivity index (χ0v) is 14.0. The van der Waals surface area contributed by atoms with Gasteiger partial charge < -0.3 is 0 Å². The van der Waals surface area contributed by atoms with Crippen molar-refractivity contribution in [1.29, 1.82) is 0 Å². The van der Waals surface area contributed by atoms with Crippen LogP contribution >= 0.6 is 31.9 Å². The SMILES string of the molecule is BrC(Br)(CCc1ccccc1)CCc1ccccc1. The molecule has 2 aromatic rings. The summed E-state index contributed by atoms with van der Waals surface area (Å²) in [6.07, 6.45) is 4.35. The average molecular weight is 382 g/mol. The van der Waals surface area contributed by atoms with Crippen molar-refractivity contribution in [3.8, 4) is 0 Å². The van der Waals surface area contributed by atoms with E-state index in [1.165, 1.54) is 11.1 Å². The van der Waals surface area contributed by atoms with Gasteiger partial charge in [-0.2, -0.15) is 0 Å². The summed E-state index contributed by atoms with van der Waals surface area (Å²) in [6.45, 7) is 0. The summed E-state index contributed by atoms with van der Waals surface area (Å²) in [7, 11) is 0. The van der Waals surface area contributed by atoms with Crippen LogP contribution in [0.5, 0.6) is 0 Å². The zero-order chi connectivity index (χ0) is 13.6. The van der Waals surface area contributed by atoms with Crippen molar-refractivity contribution < 1.29 is 0 Å². The van der Waals surface area contributed by atoms with Gasteiger partial charge in [-0.3, -0.25) is 0 Å². The third-order valence-corrected chi connectivity index (χ3v) is 4.83. The Hall–Kier alpha value is -0.600. The largest absolute Gasteiger partial charge is 0.0812 e. The summed E-state index contributed by atoms with van der Waals surface area (Å²) in [4.78, 5) is 0. The minimum Gasteiger partial charge on any atom is -0.0727 e. The van der Waals surface area contributed by atoms with Gasteiger partial charge in [0, 0.05) is 0 Å². The molecule has 0 spiro atoms. The molecule has 0 unspecified atom stereocenters. The number of rotatable bonds is 6. The van der Waals surface area contributed by atoms with Crippen molar-refractivity contribution in [2.45, 2.75) is 28.9 Å². The number of aryl methyl sites for hydroxylation is 2.